The van der Waals surface area contributed by atoms with Crippen molar-refractivity contribution in [3.8, 4) is 11.3 Å². The van der Waals surface area contributed by atoms with Gasteiger partial charge in [0.25, 0.3) is 0 Å². The third-order valence-electron chi connectivity index (χ3n) is 5.63. The zero-order chi connectivity index (χ0) is 21.1. The minimum Gasteiger partial charge on any atom is -0.396 e. The molecular formula is C23H29N5O2. The molecule has 0 amide bonds. The Morgan fingerprint density at radius 3 is 2.73 bits per heavy atom. The van der Waals surface area contributed by atoms with Gasteiger partial charge < -0.3 is 15.3 Å². The molecule has 3 aromatic rings. The van der Waals surface area contributed by atoms with Gasteiger partial charge in [0, 0.05) is 54.3 Å². The number of hydrogen-bond acceptors (Lipinski definition) is 6. The van der Waals surface area contributed by atoms with Crippen LogP contribution in [-0.2, 0) is 6.54 Å². The minimum absolute atomic E-state index is 0.0282. The highest BCUT2D eigenvalue weighted by atomic mass is 16.2. The molecule has 1 aliphatic carbocycles. The third-order valence-corrected chi connectivity index (χ3v) is 5.63. The molecule has 7 heteroatoms. The molecule has 0 spiro atoms. The fraction of sp³-hybridized carbons (Fsp3) is 0.435. The van der Waals surface area contributed by atoms with E-state index in [9.17, 15) is 4.79 Å². The van der Waals surface area contributed by atoms with Crippen LogP contribution in [0.4, 0.5) is 5.69 Å². The number of benzene rings is 1. The summed E-state index contributed by atoms with van der Waals surface area (Å²) in [5.74, 6) is 0.0282. The maximum atomic E-state index is 13.4. The first-order valence-corrected chi connectivity index (χ1v) is 10.6. The standard InChI is InChI=1S/C23H29N5O2/c1-27(2)12-13-28-19-8-7-18(25-10-5-3-4-6-14-29)20-21(19)22(26-28)17-15-24-11-9-16(17)23(20)30/h7-9,11,15,25,29H,3-6,10,12-14H2,1-2H3. The number of likely N-dealkylation sites (N-methyl/N-ethyl adjacent to an activating group) is 1. The van der Waals surface area contributed by atoms with Gasteiger partial charge in [-0.25, -0.2) is 0 Å². The number of aliphatic hydroxyl groups excluding tert-OH is 1. The highest BCUT2D eigenvalue weighted by molar-refractivity contribution is 6.27. The van der Waals surface area contributed by atoms with E-state index in [1.54, 1.807) is 18.5 Å². The lowest BCUT2D eigenvalue weighted by Crippen LogP contribution is -2.19. The predicted molar refractivity (Wildman–Crippen MR) is 119 cm³/mol. The van der Waals surface area contributed by atoms with Crippen molar-refractivity contribution in [1.82, 2.24) is 19.7 Å². The zero-order valence-corrected chi connectivity index (χ0v) is 17.7. The monoisotopic (exact) mass is 407 g/mol. The molecule has 0 unspecified atom stereocenters. The largest absolute Gasteiger partial charge is 0.396 e. The van der Waals surface area contributed by atoms with E-state index in [1.807, 2.05) is 24.8 Å². The quantitative estimate of drug-likeness (QED) is 0.393. The average molecular weight is 408 g/mol. The topological polar surface area (TPSA) is 83.3 Å². The molecule has 0 saturated heterocycles. The van der Waals surface area contributed by atoms with Crippen LogP contribution in [0.1, 0.15) is 41.6 Å². The fourth-order valence-corrected chi connectivity index (χ4v) is 4.04. The van der Waals surface area contributed by atoms with Crippen molar-refractivity contribution in [1.29, 1.82) is 0 Å². The van der Waals surface area contributed by atoms with Crippen LogP contribution in [0.15, 0.2) is 30.6 Å². The molecule has 4 rings (SSSR count). The van der Waals surface area contributed by atoms with Crippen LogP contribution in [0, 0.1) is 0 Å². The number of unbranched alkanes of at least 4 members (excludes halogenated alkanes) is 3. The Hall–Kier alpha value is -2.77. The van der Waals surface area contributed by atoms with Crippen molar-refractivity contribution in [2.24, 2.45) is 0 Å². The fourth-order valence-electron chi connectivity index (χ4n) is 4.04. The molecule has 2 heterocycles. The summed E-state index contributed by atoms with van der Waals surface area (Å²) in [5.41, 5.74) is 4.88. The van der Waals surface area contributed by atoms with Gasteiger partial charge in [-0.1, -0.05) is 12.8 Å². The molecule has 2 N–H and O–H groups in total. The minimum atomic E-state index is 0.0282. The molecule has 0 radical (unpaired) electrons. The van der Waals surface area contributed by atoms with Crippen molar-refractivity contribution in [3.05, 3.63) is 41.7 Å². The lowest BCUT2D eigenvalue weighted by atomic mass is 9.87. The maximum absolute atomic E-state index is 13.4. The van der Waals surface area contributed by atoms with E-state index in [4.69, 9.17) is 10.2 Å². The SMILES string of the molecule is CN(C)CCn1nc2c3c(c(NCCCCCCO)ccc31)C(=O)c1ccncc1-2. The Balaban J connectivity index is 1.71. The first-order chi connectivity index (χ1) is 14.6. The van der Waals surface area contributed by atoms with E-state index in [2.05, 4.69) is 21.3 Å². The number of pyridine rings is 1. The molecule has 1 aromatic carbocycles. The van der Waals surface area contributed by atoms with E-state index in [1.165, 1.54) is 0 Å². The number of nitrogens with one attached hydrogen (secondary N) is 1. The van der Waals surface area contributed by atoms with Crippen LogP contribution in [0.25, 0.3) is 22.2 Å². The van der Waals surface area contributed by atoms with Gasteiger partial charge in [0.15, 0.2) is 5.78 Å². The first-order valence-electron chi connectivity index (χ1n) is 10.6. The number of rotatable bonds is 10. The van der Waals surface area contributed by atoms with E-state index in [0.717, 1.165) is 73.2 Å². The van der Waals surface area contributed by atoms with Gasteiger partial charge in [0.1, 0.15) is 5.69 Å². The molecule has 30 heavy (non-hydrogen) atoms. The molecule has 0 atom stereocenters. The third kappa shape index (κ3) is 3.82. The second-order valence-corrected chi connectivity index (χ2v) is 8.07. The van der Waals surface area contributed by atoms with Gasteiger partial charge in [0.05, 0.1) is 17.6 Å². The molecule has 158 valence electrons. The molecule has 0 bridgehead atoms. The van der Waals surface area contributed by atoms with E-state index < -0.39 is 0 Å². The highest BCUT2D eigenvalue weighted by Crippen LogP contribution is 2.41. The molecule has 7 nitrogen and oxygen atoms in total. The van der Waals surface area contributed by atoms with Gasteiger partial charge in [-0.2, -0.15) is 5.10 Å². The van der Waals surface area contributed by atoms with Crippen LogP contribution in [-0.4, -0.2) is 64.3 Å². The number of ketones is 1. The smallest absolute Gasteiger partial charge is 0.196 e. The summed E-state index contributed by atoms with van der Waals surface area (Å²) in [4.78, 5) is 19.8. The average Bonchev–Trinajstić information content (AvgIpc) is 3.12. The van der Waals surface area contributed by atoms with Crippen molar-refractivity contribution < 1.29 is 9.90 Å². The zero-order valence-electron chi connectivity index (χ0n) is 17.7. The van der Waals surface area contributed by atoms with Gasteiger partial charge in [0.2, 0.25) is 0 Å². The van der Waals surface area contributed by atoms with Crippen LogP contribution in [0.3, 0.4) is 0 Å². The highest BCUT2D eigenvalue weighted by Gasteiger charge is 2.31. The second kappa shape index (κ2) is 8.93. The number of fused-ring (bicyclic) bond motifs is 2. The first kappa shape index (κ1) is 20.5. The summed E-state index contributed by atoms with van der Waals surface area (Å²) in [6.07, 6.45) is 7.33. The summed E-state index contributed by atoms with van der Waals surface area (Å²) in [6.45, 7) is 2.67. The Labute approximate surface area is 176 Å². The Kier molecular flexibility index (Phi) is 6.11. The number of nitrogens with zero attached hydrogens (tertiary/aromatic N) is 4. The molecule has 0 aliphatic heterocycles. The van der Waals surface area contributed by atoms with Crippen molar-refractivity contribution in [3.63, 3.8) is 0 Å². The predicted octanol–water partition coefficient (Wildman–Crippen LogP) is 3.17. The summed E-state index contributed by atoms with van der Waals surface area (Å²) < 4.78 is 2.00. The number of carbonyl (C=O) groups excluding carboxylic acids is 1. The van der Waals surface area contributed by atoms with Gasteiger partial charge >= 0.3 is 0 Å². The number of aromatic nitrogens is 3. The van der Waals surface area contributed by atoms with Crippen LogP contribution < -0.4 is 5.32 Å². The van der Waals surface area contributed by atoms with Gasteiger partial charge in [-0.3, -0.25) is 14.5 Å². The summed E-state index contributed by atoms with van der Waals surface area (Å²) >= 11 is 0. The second-order valence-electron chi connectivity index (χ2n) is 8.07. The van der Waals surface area contributed by atoms with Gasteiger partial charge in [-0.15, -0.1) is 0 Å². The Bertz CT molecular complexity index is 1060. The lowest BCUT2D eigenvalue weighted by molar-refractivity contribution is 0.104. The van der Waals surface area contributed by atoms with Crippen LogP contribution in [0.5, 0.6) is 0 Å². The van der Waals surface area contributed by atoms with Crippen molar-refractivity contribution in [2.75, 3.05) is 39.1 Å². The number of carbonyl (C=O) groups is 1. The number of aliphatic hydroxyl groups is 1. The Morgan fingerprint density at radius 2 is 1.93 bits per heavy atom. The Morgan fingerprint density at radius 1 is 1.10 bits per heavy atom. The number of anilines is 1. The molecule has 0 fully saturated rings. The van der Waals surface area contributed by atoms with Crippen molar-refractivity contribution in [2.45, 2.75) is 32.2 Å². The molecular weight excluding hydrogens is 378 g/mol. The normalized spacial score (nSPS) is 12.6. The summed E-state index contributed by atoms with van der Waals surface area (Å²) in [7, 11) is 4.09. The van der Waals surface area contributed by atoms with Gasteiger partial charge in [-0.05, 0) is 45.1 Å². The van der Waals surface area contributed by atoms with Crippen LogP contribution in [0.2, 0.25) is 0 Å². The molecule has 2 aromatic heterocycles. The van der Waals surface area contributed by atoms with E-state index >= 15 is 0 Å². The lowest BCUT2D eigenvalue weighted by Gasteiger charge is -2.18. The van der Waals surface area contributed by atoms with E-state index in [-0.39, 0.29) is 12.4 Å². The van der Waals surface area contributed by atoms with E-state index in [0.29, 0.717) is 11.1 Å². The molecule has 1 aliphatic rings. The van der Waals surface area contributed by atoms with Crippen molar-refractivity contribution >= 4 is 22.4 Å². The maximum Gasteiger partial charge on any atom is 0.196 e. The molecule has 0 saturated carbocycles. The summed E-state index contributed by atoms with van der Waals surface area (Å²) in [5, 5.41) is 18.2. The van der Waals surface area contributed by atoms with Crippen LogP contribution >= 0.6 is 0 Å². The number of hydrogen-bond donors (Lipinski definition) is 2. The summed E-state index contributed by atoms with van der Waals surface area (Å²) in [6, 6.07) is 5.86.